The molecule has 0 aliphatic carbocycles. The highest BCUT2D eigenvalue weighted by Gasteiger charge is 2.25. The molecule has 0 radical (unpaired) electrons. The van der Waals surface area contributed by atoms with Crippen molar-refractivity contribution in [2.45, 2.75) is 13.0 Å². The molecular formula is C20H21ClN8O3. The van der Waals surface area contributed by atoms with E-state index in [1.165, 1.54) is 10.9 Å². The van der Waals surface area contributed by atoms with E-state index in [0.29, 0.717) is 41.5 Å². The van der Waals surface area contributed by atoms with E-state index in [1.54, 1.807) is 44.4 Å². The molecule has 3 aromatic rings. The van der Waals surface area contributed by atoms with E-state index in [9.17, 15) is 9.59 Å². The first kappa shape index (κ1) is 21.7. The Kier molecular flexibility index (Phi) is 6.28. The van der Waals surface area contributed by atoms with Crippen molar-refractivity contribution in [3.8, 4) is 11.4 Å². The minimum Gasteiger partial charge on any atom is -0.441 e. The van der Waals surface area contributed by atoms with Crippen LogP contribution in [0, 0.1) is 5.92 Å². The van der Waals surface area contributed by atoms with Crippen molar-refractivity contribution in [3.63, 3.8) is 0 Å². The highest BCUT2D eigenvalue weighted by Crippen LogP contribution is 2.26. The van der Waals surface area contributed by atoms with Gasteiger partial charge in [-0.3, -0.25) is 15.1 Å². The lowest BCUT2D eigenvalue weighted by molar-refractivity contribution is -0.121. The van der Waals surface area contributed by atoms with Gasteiger partial charge < -0.3 is 15.4 Å². The summed E-state index contributed by atoms with van der Waals surface area (Å²) in [5.41, 5.74) is 1.99. The highest BCUT2D eigenvalue weighted by atomic mass is 35.5. The lowest BCUT2D eigenvalue weighted by Crippen LogP contribution is -2.48. The van der Waals surface area contributed by atoms with Gasteiger partial charge in [0, 0.05) is 31.9 Å². The SMILES string of the molecule is C[C@@H](OC(=O)Nc1c(-c2ccc(NC(=O)C3CNC3)cn2)nnn1C)c1cccnc1Cl. The minimum absolute atomic E-state index is 0.0274. The fourth-order valence-corrected chi connectivity index (χ4v) is 3.32. The predicted molar refractivity (Wildman–Crippen MR) is 117 cm³/mol. The number of rotatable bonds is 6. The number of pyridine rings is 2. The normalized spacial score (nSPS) is 14.3. The number of hydrogen-bond acceptors (Lipinski definition) is 8. The quantitative estimate of drug-likeness (QED) is 0.481. The summed E-state index contributed by atoms with van der Waals surface area (Å²) in [4.78, 5) is 32.9. The van der Waals surface area contributed by atoms with E-state index in [4.69, 9.17) is 16.3 Å². The predicted octanol–water partition coefficient (Wildman–Crippen LogP) is 2.39. The number of ether oxygens (including phenoxy) is 1. The van der Waals surface area contributed by atoms with Crippen molar-refractivity contribution in [1.82, 2.24) is 30.3 Å². The van der Waals surface area contributed by atoms with E-state index in [0.717, 1.165) is 0 Å². The summed E-state index contributed by atoms with van der Waals surface area (Å²) in [7, 11) is 1.63. The molecule has 3 aromatic heterocycles. The van der Waals surface area contributed by atoms with Gasteiger partial charge in [0.05, 0.1) is 23.5 Å². The molecular weight excluding hydrogens is 436 g/mol. The van der Waals surface area contributed by atoms with Crippen molar-refractivity contribution in [2.75, 3.05) is 23.7 Å². The first-order valence-electron chi connectivity index (χ1n) is 9.88. The van der Waals surface area contributed by atoms with E-state index < -0.39 is 12.2 Å². The molecule has 0 saturated carbocycles. The monoisotopic (exact) mass is 456 g/mol. The van der Waals surface area contributed by atoms with Gasteiger partial charge in [-0.15, -0.1) is 5.10 Å². The van der Waals surface area contributed by atoms with Crippen LogP contribution in [0.1, 0.15) is 18.6 Å². The summed E-state index contributed by atoms with van der Waals surface area (Å²) < 4.78 is 6.82. The molecule has 0 aromatic carbocycles. The van der Waals surface area contributed by atoms with Crippen LogP contribution in [0.4, 0.5) is 16.3 Å². The first-order valence-corrected chi connectivity index (χ1v) is 10.3. The van der Waals surface area contributed by atoms with Crippen LogP contribution >= 0.6 is 11.6 Å². The van der Waals surface area contributed by atoms with Crippen LogP contribution in [0.25, 0.3) is 11.4 Å². The zero-order valence-corrected chi connectivity index (χ0v) is 18.1. The number of carbonyl (C=O) groups excluding carboxylic acids is 2. The Morgan fingerprint density at radius 1 is 1.25 bits per heavy atom. The fraction of sp³-hybridized carbons (Fsp3) is 0.300. The second kappa shape index (κ2) is 9.28. The smallest absolute Gasteiger partial charge is 0.413 e. The summed E-state index contributed by atoms with van der Waals surface area (Å²) >= 11 is 6.06. The molecule has 1 saturated heterocycles. The van der Waals surface area contributed by atoms with Crippen LogP contribution in [0.3, 0.4) is 0 Å². The van der Waals surface area contributed by atoms with Crippen LogP contribution in [-0.4, -0.2) is 50.1 Å². The second-order valence-electron chi connectivity index (χ2n) is 7.24. The second-order valence-corrected chi connectivity index (χ2v) is 7.60. The van der Waals surface area contributed by atoms with E-state index in [1.807, 2.05) is 0 Å². The number of halogens is 1. The van der Waals surface area contributed by atoms with Crippen LogP contribution in [0.15, 0.2) is 36.7 Å². The lowest BCUT2D eigenvalue weighted by Gasteiger charge is -2.25. The number of aromatic nitrogens is 5. The summed E-state index contributed by atoms with van der Waals surface area (Å²) in [6, 6.07) is 6.85. The molecule has 12 heteroatoms. The molecule has 1 fully saturated rings. The third-order valence-electron chi connectivity index (χ3n) is 4.98. The molecule has 2 amide bonds. The maximum atomic E-state index is 12.5. The molecule has 32 heavy (non-hydrogen) atoms. The minimum atomic E-state index is -0.706. The first-order chi connectivity index (χ1) is 15.4. The standard InChI is InChI=1S/C20H21ClN8O3/c1-11(14-4-3-7-23-17(14)21)32-20(31)26-18-16(27-28-29(18)2)15-6-5-13(10-24-15)25-19(30)12-8-22-9-12/h3-7,10-12,22H,8-9H2,1-2H3,(H,25,30)(H,26,31)/t11-/m1/s1. The Morgan fingerprint density at radius 2 is 2.06 bits per heavy atom. The van der Waals surface area contributed by atoms with Gasteiger partial charge in [0.15, 0.2) is 11.5 Å². The number of nitrogens with zero attached hydrogens (tertiary/aromatic N) is 5. The molecule has 0 bridgehead atoms. The third-order valence-corrected chi connectivity index (χ3v) is 5.30. The molecule has 3 N–H and O–H groups in total. The molecule has 1 aliphatic rings. The van der Waals surface area contributed by atoms with Crippen molar-refractivity contribution >= 4 is 35.1 Å². The number of nitrogens with one attached hydrogen (secondary N) is 3. The Morgan fingerprint density at radius 3 is 2.72 bits per heavy atom. The van der Waals surface area contributed by atoms with Crippen molar-refractivity contribution in [2.24, 2.45) is 13.0 Å². The van der Waals surface area contributed by atoms with Gasteiger partial charge in [0.2, 0.25) is 5.91 Å². The molecule has 1 aliphatic heterocycles. The topological polar surface area (TPSA) is 136 Å². The Balaban J connectivity index is 1.44. The molecule has 1 atom stereocenters. The average molecular weight is 457 g/mol. The maximum absolute atomic E-state index is 12.5. The molecule has 4 rings (SSSR count). The fourth-order valence-electron chi connectivity index (χ4n) is 3.05. The Labute approximate surface area is 188 Å². The van der Waals surface area contributed by atoms with Crippen molar-refractivity contribution in [3.05, 3.63) is 47.4 Å². The Bertz CT molecular complexity index is 1130. The van der Waals surface area contributed by atoms with Gasteiger partial charge in [0.1, 0.15) is 11.3 Å². The molecule has 11 nitrogen and oxygen atoms in total. The number of aryl methyl sites for hydroxylation is 1. The van der Waals surface area contributed by atoms with Gasteiger partial charge in [-0.1, -0.05) is 22.9 Å². The average Bonchev–Trinajstić information content (AvgIpc) is 3.07. The van der Waals surface area contributed by atoms with Gasteiger partial charge >= 0.3 is 6.09 Å². The van der Waals surface area contributed by atoms with Gasteiger partial charge in [-0.25, -0.2) is 14.5 Å². The summed E-state index contributed by atoms with van der Waals surface area (Å²) in [6.07, 6.45) is 1.76. The van der Waals surface area contributed by atoms with Crippen LogP contribution in [0.5, 0.6) is 0 Å². The summed E-state index contributed by atoms with van der Waals surface area (Å²) in [5, 5.41) is 16.8. The van der Waals surface area contributed by atoms with Crippen molar-refractivity contribution in [1.29, 1.82) is 0 Å². The summed E-state index contributed by atoms with van der Waals surface area (Å²) in [6.45, 7) is 3.04. The molecule has 0 unspecified atom stereocenters. The zero-order valence-electron chi connectivity index (χ0n) is 17.4. The molecule has 0 spiro atoms. The van der Waals surface area contributed by atoms with Crippen LogP contribution < -0.4 is 16.0 Å². The number of amides is 2. The Hall–Kier alpha value is -3.57. The third kappa shape index (κ3) is 4.68. The number of hydrogen-bond donors (Lipinski definition) is 3. The number of anilines is 2. The van der Waals surface area contributed by atoms with E-state index in [2.05, 4.69) is 36.2 Å². The van der Waals surface area contributed by atoms with Gasteiger partial charge in [-0.2, -0.15) is 0 Å². The van der Waals surface area contributed by atoms with Crippen LogP contribution in [-0.2, 0) is 16.6 Å². The summed E-state index contributed by atoms with van der Waals surface area (Å²) in [5.74, 6) is 0.232. The van der Waals surface area contributed by atoms with Gasteiger partial charge in [-0.05, 0) is 25.1 Å². The maximum Gasteiger partial charge on any atom is 0.413 e. The van der Waals surface area contributed by atoms with Crippen LogP contribution in [0.2, 0.25) is 5.15 Å². The van der Waals surface area contributed by atoms with Crippen molar-refractivity contribution < 1.29 is 14.3 Å². The number of carbonyl (C=O) groups is 2. The largest absolute Gasteiger partial charge is 0.441 e. The van der Waals surface area contributed by atoms with Gasteiger partial charge in [0.25, 0.3) is 0 Å². The molecule has 166 valence electrons. The van der Waals surface area contributed by atoms with E-state index in [-0.39, 0.29) is 17.0 Å². The molecule has 4 heterocycles. The van der Waals surface area contributed by atoms with E-state index >= 15 is 0 Å². The highest BCUT2D eigenvalue weighted by molar-refractivity contribution is 6.30. The lowest BCUT2D eigenvalue weighted by atomic mass is 10.0. The zero-order chi connectivity index (χ0) is 22.7.